The quantitative estimate of drug-likeness (QED) is 0.838. The van der Waals surface area contributed by atoms with E-state index in [2.05, 4.69) is 12.1 Å². The van der Waals surface area contributed by atoms with Gasteiger partial charge in [-0.2, -0.15) is 0 Å². The highest BCUT2D eigenvalue weighted by Gasteiger charge is 2.30. The van der Waals surface area contributed by atoms with Gasteiger partial charge < -0.3 is 15.2 Å². The minimum atomic E-state index is -0.0656. The number of rotatable bonds is 2. The first-order valence-corrected chi connectivity index (χ1v) is 6.06. The number of hydrogen-bond acceptors (Lipinski definition) is 4. The predicted octanol–water partition coefficient (Wildman–Crippen LogP) is 1.18. The molecule has 5 nitrogen and oxygen atoms in total. The fourth-order valence-electron chi connectivity index (χ4n) is 2.36. The second kappa shape index (κ2) is 4.87. The number of aryl methyl sites for hydroxylation is 1. The molecule has 1 amide bonds. The zero-order valence-corrected chi connectivity index (χ0v) is 10.3. The summed E-state index contributed by atoms with van der Waals surface area (Å²) in [4.78, 5) is 14.1. The number of amides is 1. The third-order valence-corrected chi connectivity index (χ3v) is 3.36. The largest absolute Gasteiger partial charge is 0.361 e. The molecule has 5 heteroatoms. The molecule has 1 aromatic rings. The molecular weight excluding hydrogens is 218 g/mol. The summed E-state index contributed by atoms with van der Waals surface area (Å²) >= 11 is 0. The molecule has 1 aliphatic rings. The summed E-state index contributed by atoms with van der Waals surface area (Å²) in [7, 11) is 0. The average molecular weight is 237 g/mol. The van der Waals surface area contributed by atoms with Crippen LogP contribution in [0.5, 0.6) is 0 Å². The fraction of sp³-hybridized carbons (Fsp3) is 0.667. The molecule has 0 aromatic carbocycles. The van der Waals surface area contributed by atoms with Gasteiger partial charge in [0.25, 0.3) is 5.91 Å². The number of aromatic nitrogens is 1. The van der Waals surface area contributed by atoms with Crippen molar-refractivity contribution in [3.8, 4) is 0 Å². The van der Waals surface area contributed by atoms with E-state index in [0.29, 0.717) is 23.9 Å². The van der Waals surface area contributed by atoms with Crippen molar-refractivity contribution in [3.63, 3.8) is 0 Å². The van der Waals surface area contributed by atoms with Gasteiger partial charge in [-0.15, -0.1) is 0 Å². The molecular formula is C12H19N3O2. The number of carbonyl (C=O) groups is 1. The van der Waals surface area contributed by atoms with Crippen molar-refractivity contribution in [2.75, 3.05) is 13.1 Å². The summed E-state index contributed by atoms with van der Waals surface area (Å²) in [5.74, 6) is 1.22. The Kier molecular flexibility index (Phi) is 3.47. The second-order valence-corrected chi connectivity index (χ2v) is 4.84. The zero-order chi connectivity index (χ0) is 12.4. The van der Waals surface area contributed by atoms with Crippen LogP contribution in [-0.4, -0.2) is 35.1 Å². The standard InChI is InChI=1S/C12H19N3O2/c1-8-3-4-15(10(5-8)7-13)12(16)11-6-9(2)17-14-11/h6,8,10H,3-5,7,13H2,1-2H3. The van der Waals surface area contributed by atoms with Crippen molar-refractivity contribution < 1.29 is 9.32 Å². The summed E-state index contributed by atoms with van der Waals surface area (Å²) in [6.07, 6.45) is 2.00. The van der Waals surface area contributed by atoms with Gasteiger partial charge in [-0.25, -0.2) is 0 Å². The number of nitrogens with zero attached hydrogens (tertiary/aromatic N) is 2. The first-order valence-electron chi connectivity index (χ1n) is 6.06. The van der Waals surface area contributed by atoms with Gasteiger partial charge in [0.1, 0.15) is 5.76 Å². The van der Waals surface area contributed by atoms with Crippen molar-refractivity contribution in [2.45, 2.75) is 32.7 Å². The summed E-state index contributed by atoms with van der Waals surface area (Å²) in [5.41, 5.74) is 6.12. The fourth-order valence-corrected chi connectivity index (χ4v) is 2.36. The van der Waals surface area contributed by atoms with E-state index in [0.717, 1.165) is 19.4 Å². The number of carbonyl (C=O) groups excluding carboxylic acids is 1. The minimum absolute atomic E-state index is 0.0656. The van der Waals surface area contributed by atoms with Crippen LogP contribution in [0.1, 0.15) is 36.0 Å². The Labute approximate surface area is 101 Å². The molecule has 2 rings (SSSR count). The van der Waals surface area contributed by atoms with Crippen molar-refractivity contribution in [2.24, 2.45) is 11.7 Å². The van der Waals surface area contributed by atoms with Crippen LogP contribution in [0.25, 0.3) is 0 Å². The molecule has 17 heavy (non-hydrogen) atoms. The Morgan fingerprint density at radius 1 is 1.71 bits per heavy atom. The van der Waals surface area contributed by atoms with Gasteiger partial charge in [-0.1, -0.05) is 12.1 Å². The lowest BCUT2D eigenvalue weighted by Gasteiger charge is -2.37. The van der Waals surface area contributed by atoms with Gasteiger partial charge in [-0.3, -0.25) is 4.79 Å². The normalized spacial score (nSPS) is 25.0. The van der Waals surface area contributed by atoms with E-state index < -0.39 is 0 Å². The van der Waals surface area contributed by atoms with Crippen LogP contribution in [0.15, 0.2) is 10.6 Å². The van der Waals surface area contributed by atoms with Crippen LogP contribution >= 0.6 is 0 Å². The van der Waals surface area contributed by atoms with Gasteiger partial charge in [0.15, 0.2) is 5.69 Å². The molecule has 2 unspecified atom stereocenters. The van der Waals surface area contributed by atoms with E-state index in [1.807, 2.05) is 4.90 Å². The molecule has 0 bridgehead atoms. The molecule has 0 spiro atoms. The van der Waals surface area contributed by atoms with Crippen LogP contribution < -0.4 is 5.73 Å². The van der Waals surface area contributed by atoms with Crippen molar-refractivity contribution in [1.82, 2.24) is 10.1 Å². The molecule has 1 saturated heterocycles. The third kappa shape index (κ3) is 2.49. The Balaban J connectivity index is 2.13. The smallest absolute Gasteiger partial charge is 0.276 e. The van der Waals surface area contributed by atoms with E-state index in [9.17, 15) is 4.79 Å². The first kappa shape index (κ1) is 12.1. The highest BCUT2D eigenvalue weighted by molar-refractivity contribution is 5.92. The lowest BCUT2D eigenvalue weighted by molar-refractivity contribution is 0.0563. The van der Waals surface area contributed by atoms with Gasteiger partial charge in [0, 0.05) is 25.2 Å². The number of hydrogen-bond donors (Lipinski definition) is 1. The van der Waals surface area contributed by atoms with Gasteiger partial charge in [0.2, 0.25) is 0 Å². The minimum Gasteiger partial charge on any atom is -0.361 e. The molecule has 0 radical (unpaired) electrons. The maximum Gasteiger partial charge on any atom is 0.276 e. The summed E-state index contributed by atoms with van der Waals surface area (Å²) in [5, 5.41) is 3.77. The van der Waals surface area contributed by atoms with Crippen LogP contribution in [0.4, 0.5) is 0 Å². The molecule has 0 aliphatic carbocycles. The van der Waals surface area contributed by atoms with E-state index in [4.69, 9.17) is 10.3 Å². The van der Waals surface area contributed by atoms with Gasteiger partial charge >= 0.3 is 0 Å². The molecule has 1 aromatic heterocycles. The summed E-state index contributed by atoms with van der Waals surface area (Å²) in [6.45, 7) is 5.24. The van der Waals surface area contributed by atoms with E-state index >= 15 is 0 Å². The predicted molar refractivity (Wildman–Crippen MR) is 63.5 cm³/mol. The molecule has 0 saturated carbocycles. The molecule has 1 fully saturated rings. The van der Waals surface area contributed by atoms with Crippen molar-refractivity contribution >= 4 is 5.91 Å². The van der Waals surface area contributed by atoms with E-state index in [1.54, 1.807) is 13.0 Å². The molecule has 2 atom stereocenters. The maximum atomic E-state index is 12.2. The Morgan fingerprint density at radius 3 is 3.06 bits per heavy atom. The second-order valence-electron chi connectivity index (χ2n) is 4.84. The van der Waals surface area contributed by atoms with Gasteiger partial charge in [-0.05, 0) is 25.7 Å². The Hall–Kier alpha value is -1.36. The van der Waals surface area contributed by atoms with Crippen molar-refractivity contribution in [1.29, 1.82) is 0 Å². The van der Waals surface area contributed by atoms with Crippen LogP contribution in [0.2, 0.25) is 0 Å². The SMILES string of the molecule is Cc1cc(C(=O)N2CCC(C)CC2CN)no1. The van der Waals surface area contributed by atoms with Crippen LogP contribution in [-0.2, 0) is 0 Å². The summed E-state index contributed by atoms with van der Waals surface area (Å²) < 4.78 is 4.94. The third-order valence-electron chi connectivity index (χ3n) is 3.36. The summed E-state index contributed by atoms with van der Waals surface area (Å²) in [6, 6.07) is 1.80. The monoisotopic (exact) mass is 237 g/mol. The highest BCUT2D eigenvalue weighted by atomic mass is 16.5. The van der Waals surface area contributed by atoms with E-state index in [1.165, 1.54) is 0 Å². The first-order chi connectivity index (χ1) is 8.11. The molecule has 2 N–H and O–H groups in total. The van der Waals surface area contributed by atoms with Crippen LogP contribution in [0, 0.1) is 12.8 Å². The Bertz CT molecular complexity index is 402. The topological polar surface area (TPSA) is 72.4 Å². The number of nitrogens with two attached hydrogens (primary N) is 1. The zero-order valence-electron chi connectivity index (χ0n) is 10.3. The lowest BCUT2D eigenvalue weighted by Crippen LogP contribution is -2.49. The maximum absolute atomic E-state index is 12.2. The molecule has 94 valence electrons. The highest BCUT2D eigenvalue weighted by Crippen LogP contribution is 2.23. The molecule has 1 aliphatic heterocycles. The number of likely N-dealkylation sites (tertiary alicyclic amines) is 1. The van der Waals surface area contributed by atoms with Crippen LogP contribution in [0.3, 0.4) is 0 Å². The van der Waals surface area contributed by atoms with Crippen molar-refractivity contribution in [3.05, 3.63) is 17.5 Å². The Morgan fingerprint density at radius 2 is 2.47 bits per heavy atom. The lowest BCUT2D eigenvalue weighted by atomic mass is 9.92. The average Bonchev–Trinajstić information content (AvgIpc) is 2.75. The number of piperidine rings is 1. The van der Waals surface area contributed by atoms with Gasteiger partial charge in [0.05, 0.1) is 0 Å². The van der Waals surface area contributed by atoms with E-state index in [-0.39, 0.29) is 11.9 Å². The molecule has 2 heterocycles.